The van der Waals surface area contributed by atoms with Gasteiger partial charge in [0.1, 0.15) is 40.5 Å². The van der Waals surface area contributed by atoms with Crippen molar-refractivity contribution in [3.8, 4) is 22.2 Å². The van der Waals surface area contributed by atoms with Gasteiger partial charge in [-0.15, -0.1) is 26.3 Å². The Morgan fingerprint density at radius 3 is 2.58 bits per heavy atom. The Hall–Kier alpha value is -3.49. The number of nitrogens with zero attached hydrogens (tertiary/aromatic N) is 4. The molecule has 0 bridgehead atoms. The average Bonchev–Trinajstić information content (AvgIpc) is 3.52. The van der Waals surface area contributed by atoms with Crippen LogP contribution in [-0.2, 0) is 13.0 Å². The monoisotopic (exact) mass is 432 g/mol. The molecule has 8 heteroatoms. The number of aryl methyl sites for hydroxylation is 1. The lowest BCUT2D eigenvalue weighted by molar-refractivity contribution is 0.295. The van der Waals surface area contributed by atoms with Gasteiger partial charge in [-0.3, -0.25) is 0 Å². The third kappa shape index (κ3) is 3.95. The number of aliphatic hydroxyl groups excluding tert-OH is 1. The SMILES string of the molecule is Cc1oc(-c2cccs2)nc1COc1ccc(CCO)cc1-n1nc2ccccc2n1. The van der Waals surface area contributed by atoms with Crippen molar-refractivity contribution in [1.82, 2.24) is 20.0 Å². The van der Waals surface area contributed by atoms with E-state index < -0.39 is 0 Å². The van der Waals surface area contributed by atoms with Crippen molar-refractivity contribution >= 4 is 22.4 Å². The number of oxazole rings is 1. The van der Waals surface area contributed by atoms with Gasteiger partial charge < -0.3 is 14.3 Å². The predicted octanol–water partition coefficient (Wildman–Crippen LogP) is 4.56. The third-order valence-corrected chi connectivity index (χ3v) is 5.77. The molecule has 3 aromatic heterocycles. The second-order valence-electron chi connectivity index (χ2n) is 7.04. The van der Waals surface area contributed by atoms with Crippen LogP contribution in [0.25, 0.3) is 27.5 Å². The van der Waals surface area contributed by atoms with Gasteiger partial charge in [-0.2, -0.15) is 0 Å². The molecule has 0 amide bonds. The van der Waals surface area contributed by atoms with Crippen molar-refractivity contribution in [3.05, 3.63) is 77.0 Å². The zero-order valence-electron chi connectivity index (χ0n) is 16.9. The summed E-state index contributed by atoms with van der Waals surface area (Å²) in [6.07, 6.45) is 0.542. The van der Waals surface area contributed by atoms with Gasteiger partial charge in [0.2, 0.25) is 5.89 Å². The van der Waals surface area contributed by atoms with Crippen LogP contribution in [0, 0.1) is 6.92 Å². The molecule has 0 unspecified atom stereocenters. The summed E-state index contributed by atoms with van der Waals surface area (Å²) in [5.41, 5.74) is 4.03. The van der Waals surface area contributed by atoms with Crippen molar-refractivity contribution < 1.29 is 14.3 Å². The molecule has 0 saturated carbocycles. The van der Waals surface area contributed by atoms with E-state index in [0.29, 0.717) is 23.7 Å². The molecule has 3 heterocycles. The topological polar surface area (TPSA) is 86.2 Å². The lowest BCUT2D eigenvalue weighted by Crippen LogP contribution is -2.06. The fourth-order valence-corrected chi connectivity index (χ4v) is 3.96. The van der Waals surface area contributed by atoms with Crippen molar-refractivity contribution in [2.24, 2.45) is 0 Å². The summed E-state index contributed by atoms with van der Waals surface area (Å²) in [4.78, 5) is 7.16. The number of ether oxygens (including phenoxy) is 1. The molecule has 2 aromatic carbocycles. The van der Waals surface area contributed by atoms with E-state index >= 15 is 0 Å². The van der Waals surface area contributed by atoms with Crippen LogP contribution in [-0.4, -0.2) is 31.7 Å². The van der Waals surface area contributed by atoms with Crippen molar-refractivity contribution in [2.75, 3.05) is 6.61 Å². The number of fused-ring (bicyclic) bond motifs is 1. The van der Waals surface area contributed by atoms with E-state index in [2.05, 4.69) is 15.2 Å². The number of rotatable bonds is 7. The van der Waals surface area contributed by atoms with E-state index in [1.165, 1.54) is 0 Å². The Morgan fingerprint density at radius 1 is 1.06 bits per heavy atom. The first-order valence-corrected chi connectivity index (χ1v) is 10.8. The molecule has 156 valence electrons. The number of benzene rings is 2. The molecule has 5 aromatic rings. The second-order valence-corrected chi connectivity index (χ2v) is 7.99. The standard InChI is InChI=1S/C23H20N4O3S/c1-15-19(24-23(30-15)22-7-4-12-31-22)14-29-21-9-8-16(10-11-28)13-20(21)27-25-17-5-2-3-6-18(17)26-27/h2-9,12-13,28H,10-11,14H2,1H3. The minimum absolute atomic E-state index is 0.0672. The van der Waals surface area contributed by atoms with Gasteiger partial charge in [-0.1, -0.05) is 24.3 Å². The average molecular weight is 433 g/mol. The Morgan fingerprint density at radius 2 is 1.87 bits per heavy atom. The number of hydrogen-bond donors (Lipinski definition) is 1. The molecule has 0 saturated heterocycles. The maximum atomic E-state index is 9.34. The first kappa shape index (κ1) is 19.5. The first-order valence-electron chi connectivity index (χ1n) is 9.90. The van der Waals surface area contributed by atoms with Crippen molar-refractivity contribution in [3.63, 3.8) is 0 Å². The van der Waals surface area contributed by atoms with E-state index in [4.69, 9.17) is 9.15 Å². The maximum Gasteiger partial charge on any atom is 0.236 e. The molecule has 0 fully saturated rings. The van der Waals surface area contributed by atoms with E-state index in [-0.39, 0.29) is 13.2 Å². The number of aromatic nitrogens is 4. The van der Waals surface area contributed by atoms with Crippen LogP contribution in [0.1, 0.15) is 17.0 Å². The van der Waals surface area contributed by atoms with E-state index in [9.17, 15) is 5.11 Å². The van der Waals surface area contributed by atoms with E-state index in [1.54, 1.807) is 16.1 Å². The predicted molar refractivity (Wildman–Crippen MR) is 119 cm³/mol. The Labute approximate surface area is 182 Å². The molecule has 0 aliphatic heterocycles. The summed E-state index contributed by atoms with van der Waals surface area (Å²) < 4.78 is 12.0. The lowest BCUT2D eigenvalue weighted by Gasteiger charge is -2.11. The molecule has 0 radical (unpaired) electrons. The molecular formula is C23H20N4O3S. The molecule has 7 nitrogen and oxygen atoms in total. The zero-order chi connectivity index (χ0) is 21.2. The quantitative estimate of drug-likeness (QED) is 0.406. The zero-order valence-corrected chi connectivity index (χ0v) is 17.7. The van der Waals surface area contributed by atoms with Crippen LogP contribution in [0.2, 0.25) is 0 Å². The van der Waals surface area contributed by atoms with Crippen LogP contribution >= 0.6 is 11.3 Å². The molecule has 0 aliphatic carbocycles. The highest BCUT2D eigenvalue weighted by Gasteiger charge is 2.16. The van der Waals surface area contributed by atoms with Crippen molar-refractivity contribution in [2.45, 2.75) is 20.0 Å². The number of hydrogen-bond acceptors (Lipinski definition) is 7. The lowest BCUT2D eigenvalue weighted by atomic mass is 10.1. The number of aliphatic hydroxyl groups is 1. The minimum atomic E-state index is 0.0672. The van der Waals surface area contributed by atoms with Gasteiger partial charge in [-0.05, 0) is 54.6 Å². The van der Waals surface area contributed by atoms with Crippen molar-refractivity contribution in [1.29, 1.82) is 0 Å². The summed E-state index contributed by atoms with van der Waals surface area (Å²) >= 11 is 1.58. The minimum Gasteiger partial charge on any atom is -0.485 e. The first-order chi connectivity index (χ1) is 15.2. The highest BCUT2D eigenvalue weighted by atomic mass is 32.1. The fraction of sp³-hybridized carbons (Fsp3) is 0.174. The Kier molecular flexibility index (Phi) is 5.23. The van der Waals surface area contributed by atoms with Gasteiger partial charge in [-0.25, -0.2) is 4.98 Å². The second kappa shape index (κ2) is 8.33. The Balaban J connectivity index is 1.46. The molecule has 0 aliphatic rings. The van der Waals surface area contributed by atoms with Gasteiger partial charge in [0.15, 0.2) is 0 Å². The molecular weight excluding hydrogens is 412 g/mol. The number of thiophene rings is 1. The summed E-state index contributed by atoms with van der Waals surface area (Å²) in [5, 5.41) is 20.5. The summed E-state index contributed by atoms with van der Waals surface area (Å²) in [6, 6.07) is 17.4. The van der Waals surface area contributed by atoms with Gasteiger partial charge in [0.25, 0.3) is 0 Å². The molecule has 1 N–H and O–H groups in total. The largest absolute Gasteiger partial charge is 0.485 e. The van der Waals surface area contributed by atoms with Gasteiger partial charge >= 0.3 is 0 Å². The summed E-state index contributed by atoms with van der Waals surface area (Å²) in [6.45, 7) is 2.21. The van der Waals surface area contributed by atoms with Crippen LogP contribution in [0.3, 0.4) is 0 Å². The third-order valence-electron chi connectivity index (χ3n) is 4.91. The molecule has 0 atom stereocenters. The maximum absolute atomic E-state index is 9.34. The Bertz CT molecular complexity index is 1290. The molecule has 31 heavy (non-hydrogen) atoms. The summed E-state index contributed by atoms with van der Waals surface area (Å²) in [7, 11) is 0. The smallest absolute Gasteiger partial charge is 0.236 e. The van der Waals surface area contributed by atoms with Gasteiger partial charge in [0, 0.05) is 6.61 Å². The normalized spacial score (nSPS) is 11.3. The van der Waals surface area contributed by atoms with E-state index in [1.807, 2.05) is 66.9 Å². The summed E-state index contributed by atoms with van der Waals surface area (Å²) in [5.74, 6) is 1.96. The highest BCUT2D eigenvalue weighted by Crippen LogP contribution is 2.29. The highest BCUT2D eigenvalue weighted by molar-refractivity contribution is 7.13. The van der Waals surface area contributed by atoms with E-state index in [0.717, 1.165) is 32.9 Å². The fourth-order valence-electron chi connectivity index (χ4n) is 3.31. The van der Waals surface area contributed by atoms with Crippen LogP contribution in [0.15, 0.2) is 64.4 Å². The molecule has 5 rings (SSSR count). The molecule has 0 spiro atoms. The van der Waals surface area contributed by atoms with Gasteiger partial charge in [0.05, 0.1) is 4.88 Å². The van der Waals surface area contributed by atoms with Crippen LogP contribution in [0.4, 0.5) is 0 Å². The van der Waals surface area contributed by atoms with Crippen LogP contribution in [0.5, 0.6) is 5.75 Å². The van der Waals surface area contributed by atoms with Crippen LogP contribution < -0.4 is 4.74 Å².